The van der Waals surface area contributed by atoms with Crippen LogP contribution in [0.5, 0.6) is 11.5 Å². The lowest BCUT2D eigenvalue weighted by Gasteiger charge is -2.26. The lowest BCUT2D eigenvalue weighted by molar-refractivity contribution is -0.118. The Kier molecular flexibility index (Phi) is 6.73. The Hall–Kier alpha value is -2.62. The van der Waals surface area contributed by atoms with E-state index in [1.54, 1.807) is 43.3 Å². The predicted octanol–water partition coefficient (Wildman–Crippen LogP) is 2.04. The average Bonchev–Trinajstić information content (AvgIpc) is 2.73. The molecule has 2 aromatic carbocycles. The minimum Gasteiger partial charge on any atom is -0.495 e. The summed E-state index contributed by atoms with van der Waals surface area (Å²) in [4.78, 5) is 12.4. The summed E-state index contributed by atoms with van der Waals surface area (Å²) in [7, 11) is -2.05. The van der Waals surface area contributed by atoms with Crippen LogP contribution in [-0.4, -0.2) is 58.7 Å². The maximum atomic E-state index is 12.7. The summed E-state index contributed by atoms with van der Waals surface area (Å²) in [6, 6.07) is 11.7. The van der Waals surface area contributed by atoms with E-state index in [-0.39, 0.29) is 17.4 Å². The predicted molar refractivity (Wildman–Crippen MR) is 108 cm³/mol. The molecule has 1 heterocycles. The summed E-state index contributed by atoms with van der Waals surface area (Å²) in [5.41, 5.74) is 1.18. The highest BCUT2D eigenvalue weighted by molar-refractivity contribution is 7.89. The Morgan fingerprint density at radius 2 is 1.86 bits per heavy atom. The second-order valence-electron chi connectivity index (χ2n) is 6.48. The zero-order valence-electron chi connectivity index (χ0n) is 16.4. The molecular weight excluding hydrogens is 396 g/mol. The van der Waals surface area contributed by atoms with Crippen molar-refractivity contribution in [3.8, 4) is 11.5 Å². The van der Waals surface area contributed by atoms with Crippen LogP contribution in [0.3, 0.4) is 0 Å². The van der Waals surface area contributed by atoms with Crippen LogP contribution in [0.15, 0.2) is 47.4 Å². The third kappa shape index (κ3) is 5.06. The van der Waals surface area contributed by atoms with Crippen LogP contribution < -0.4 is 14.8 Å². The van der Waals surface area contributed by atoms with Gasteiger partial charge in [0.05, 0.1) is 30.9 Å². The van der Waals surface area contributed by atoms with E-state index in [0.29, 0.717) is 49.1 Å². The summed E-state index contributed by atoms with van der Waals surface area (Å²) in [5, 5.41) is 2.73. The van der Waals surface area contributed by atoms with Gasteiger partial charge in [-0.2, -0.15) is 4.31 Å². The zero-order valence-corrected chi connectivity index (χ0v) is 17.2. The zero-order chi connectivity index (χ0) is 20.9. The molecule has 0 bridgehead atoms. The summed E-state index contributed by atoms with van der Waals surface area (Å²) in [6.45, 7) is 2.98. The molecule has 1 aliphatic rings. The number of carbonyl (C=O) groups excluding carboxylic acids is 1. The normalized spacial score (nSPS) is 15.0. The number of morpholine rings is 1. The molecule has 1 N–H and O–H groups in total. The molecule has 29 heavy (non-hydrogen) atoms. The Balaban J connectivity index is 1.64. The number of rotatable bonds is 7. The van der Waals surface area contributed by atoms with Crippen LogP contribution in [0.25, 0.3) is 0 Å². The van der Waals surface area contributed by atoms with Crippen LogP contribution in [0.1, 0.15) is 5.56 Å². The van der Waals surface area contributed by atoms with Gasteiger partial charge in [0, 0.05) is 13.1 Å². The molecule has 0 atom stereocenters. The summed E-state index contributed by atoms with van der Waals surface area (Å²) in [6.07, 6.45) is 0. The van der Waals surface area contributed by atoms with Crippen molar-refractivity contribution in [1.82, 2.24) is 4.31 Å². The first-order valence-electron chi connectivity index (χ1n) is 9.16. The fourth-order valence-electron chi connectivity index (χ4n) is 2.96. The minimum absolute atomic E-state index is 0.197. The number of nitrogens with one attached hydrogen (secondary N) is 1. The first-order valence-corrected chi connectivity index (χ1v) is 10.6. The molecule has 1 aliphatic heterocycles. The van der Waals surface area contributed by atoms with Gasteiger partial charge >= 0.3 is 0 Å². The molecule has 2 aromatic rings. The van der Waals surface area contributed by atoms with E-state index in [1.807, 2.05) is 0 Å². The Bertz CT molecular complexity index is 971. The molecule has 0 spiro atoms. The van der Waals surface area contributed by atoms with Crippen molar-refractivity contribution >= 4 is 21.6 Å². The molecule has 0 unspecified atom stereocenters. The third-order valence-corrected chi connectivity index (χ3v) is 6.39. The van der Waals surface area contributed by atoms with Gasteiger partial charge in [-0.05, 0) is 42.8 Å². The number of methoxy groups -OCH3 is 1. The molecule has 156 valence electrons. The molecule has 1 saturated heterocycles. The smallest absolute Gasteiger partial charge is 0.262 e. The number of carbonyl (C=O) groups is 1. The number of benzene rings is 2. The van der Waals surface area contributed by atoms with Crippen LogP contribution >= 0.6 is 0 Å². The average molecular weight is 420 g/mol. The number of anilines is 1. The van der Waals surface area contributed by atoms with E-state index in [4.69, 9.17) is 14.2 Å². The quantitative estimate of drug-likeness (QED) is 0.737. The van der Waals surface area contributed by atoms with Crippen LogP contribution in [0, 0.1) is 6.92 Å². The second kappa shape index (κ2) is 9.25. The third-order valence-electron chi connectivity index (χ3n) is 4.49. The number of hydrogen-bond acceptors (Lipinski definition) is 6. The highest BCUT2D eigenvalue weighted by Gasteiger charge is 2.26. The first-order chi connectivity index (χ1) is 13.9. The Morgan fingerprint density at radius 1 is 1.14 bits per heavy atom. The first kappa shape index (κ1) is 21.1. The monoisotopic (exact) mass is 420 g/mol. The van der Waals surface area contributed by atoms with Gasteiger partial charge in [0.25, 0.3) is 5.91 Å². The number of aryl methyl sites for hydroxylation is 1. The molecule has 3 rings (SSSR count). The number of ether oxygens (including phenoxy) is 3. The van der Waals surface area contributed by atoms with Gasteiger partial charge in [0.1, 0.15) is 11.5 Å². The molecular formula is C20H24N2O6S. The van der Waals surface area contributed by atoms with Gasteiger partial charge in [0.2, 0.25) is 10.0 Å². The highest BCUT2D eigenvalue weighted by Crippen LogP contribution is 2.25. The topological polar surface area (TPSA) is 94.2 Å². The minimum atomic E-state index is -3.58. The van der Waals surface area contributed by atoms with Crippen LogP contribution in [-0.2, 0) is 19.6 Å². The number of amides is 1. The van der Waals surface area contributed by atoms with Gasteiger partial charge in [0.15, 0.2) is 6.61 Å². The fourth-order valence-corrected chi connectivity index (χ4v) is 4.45. The summed E-state index contributed by atoms with van der Waals surface area (Å²) < 4.78 is 42.9. The molecule has 0 radical (unpaired) electrons. The summed E-state index contributed by atoms with van der Waals surface area (Å²) >= 11 is 0. The van der Waals surface area contributed by atoms with Crippen molar-refractivity contribution < 1.29 is 27.4 Å². The van der Waals surface area contributed by atoms with Crippen LogP contribution in [0.4, 0.5) is 5.69 Å². The van der Waals surface area contributed by atoms with Crippen molar-refractivity contribution in [2.24, 2.45) is 0 Å². The van der Waals surface area contributed by atoms with E-state index in [9.17, 15) is 13.2 Å². The van der Waals surface area contributed by atoms with Gasteiger partial charge in [-0.1, -0.05) is 12.1 Å². The Morgan fingerprint density at radius 3 is 2.55 bits per heavy atom. The number of para-hydroxylation sites is 2. The largest absolute Gasteiger partial charge is 0.495 e. The van der Waals surface area contributed by atoms with E-state index in [1.165, 1.54) is 17.5 Å². The van der Waals surface area contributed by atoms with Crippen molar-refractivity contribution in [2.45, 2.75) is 11.8 Å². The van der Waals surface area contributed by atoms with Gasteiger partial charge < -0.3 is 19.5 Å². The van der Waals surface area contributed by atoms with Crippen molar-refractivity contribution in [3.05, 3.63) is 48.0 Å². The Labute approximate surface area is 170 Å². The number of nitrogens with zero attached hydrogens (tertiary/aromatic N) is 1. The standard InChI is InChI=1S/C20H24N2O6S/c1-15-13-16(29(24,25)22-9-11-27-12-10-22)7-8-18(15)28-14-20(23)21-17-5-3-4-6-19(17)26-2/h3-8,13H,9-12,14H2,1-2H3,(H,21,23). The molecule has 8 nitrogen and oxygen atoms in total. The molecule has 0 aromatic heterocycles. The maximum Gasteiger partial charge on any atom is 0.262 e. The molecule has 1 fully saturated rings. The maximum absolute atomic E-state index is 12.7. The van der Waals surface area contributed by atoms with Crippen molar-refractivity contribution in [2.75, 3.05) is 45.3 Å². The second-order valence-corrected chi connectivity index (χ2v) is 8.42. The van der Waals surface area contributed by atoms with Crippen molar-refractivity contribution in [1.29, 1.82) is 0 Å². The number of sulfonamides is 1. The van der Waals surface area contributed by atoms with Gasteiger partial charge in [-0.25, -0.2) is 8.42 Å². The molecule has 0 saturated carbocycles. The molecule has 1 amide bonds. The van der Waals surface area contributed by atoms with E-state index in [2.05, 4.69) is 5.32 Å². The number of hydrogen-bond donors (Lipinski definition) is 1. The lowest BCUT2D eigenvalue weighted by atomic mass is 10.2. The molecule has 9 heteroatoms. The lowest BCUT2D eigenvalue weighted by Crippen LogP contribution is -2.40. The molecule has 0 aliphatic carbocycles. The van der Waals surface area contributed by atoms with Gasteiger partial charge in [-0.3, -0.25) is 4.79 Å². The fraction of sp³-hybridized carbons (Fsp3) is 0.350. The highest BCUT2D eigenvalue weighted by atomic mass is 32.2. The SMILES string of the molecule is COc1ccccc1NC(=O)COc1ccc(S(=O)(=O)N2CCOCC2)cc1C. The van der Waals surface area contributed by atoms with Crippen LogP contribution in [0.2, 0.25) is 0 Å². The van der Waals surface area contributed by atoms with E-state index in [0.717, 1.165) is 0 Å². The summed E-state index contributed by atoms with van der Waals surface area (Å²) in [5.74, 6) is 0.648. The van der Waals surface area contributed by atoms with E-state index < -0.39 is 10.0 Å². The van der Waals surface area contributed by atoms with E-state index >= 15 is 0 Å². The van der Waals surface area contributed by atoms with Crippen molar-refractivity contribution in [3.63, 3.8) is 0 Å². The van der Waals surface area contributed by atoms with Gasteiger partial charge in [-0.15, -0.1) is 0 Å².